The Morgan fingerprint density at radius 3 is 2.17 bits per heavy atom. The number of rotatable bonds is 5. The molecular formula is C23H21ClF3NO2. The maximum absolute atomic E-state index is 15.3. The molecular weight excluding hydrogens is 415 g/mol. The molecule has 1 aromatic heterocycles. The molecule has 0 saturated heterocycles. The molecule has 0 aliphatic heterocycles. The molecule has 158 valence electrons. The first-order chi connectivity index (χ1) is 14.0. The van der Waals surface area contributed by atoms with Crippen molar-refractivity contribution in [2.75, 3.05) is 0 Å². The van der Waals surface area contributed by atoms with E-state index in [2.05, 4.69) is 4.98 Å². The van der Waals surface area contributed by atoms with Crippen LogP contribution in [-0.2, 0) is 11.2 Å². The number of aliphatic hydroxyl groups is 2. The largest absolute Gasteiger partial charge is 0.386 e. The van der Waals surface area contributed by atoms with Crippen molar-refractivity contribution in [1.82, 2.24) is 4.98 Å². The second-order valence-corrected chi connectivity index (χ2v) is 8.01. The van der Waals surface area contributed by atoms with Gasteiger partial charge in [-0.2, -0.15) is 0 Å². The van der Waals surface area contributed by atoms with Gasteiger partial charge in [0.2, 0.25) is 0 Å². The highest BCUT2D eigenvalue weighted by Crippen LogP contribution is 2.38. The topological polar surface area (TPSA) is 53.4 Å². The third-order valence-electron chi connectivity index (χ3n) is 5.07. The van der Waals surface area contributed by atoms with Gasteiger partial charge in [0.15, 0.2) is 5.82 Å². The molecule has 7 heteroatoms. The van der Waals surface area contributed by atoms with Gasteiger partial charge in [0.05, 0.1) is 16.3 Å². The average molecular weight is 436 g/mol. The lowest BCUT2D eigenvalue weighted by Gasteiger charge is -2.30. The van der Waals surface area contributed by atoms with Crippen LogP contribution in [0.3, 0.4) is 0 Å². The highest BCUT2D eigenvalue weighted by atomic mass is 35.5. The number of hydrogen-bond acceptors (Lipinski definition) is 3. The van der Waals surface area contributed by atoms with Gasteiger partial charge in [0.1, 0.15) is 22.9 Å². The van der Waals surface area contributed by atoms with E-state index in [0.717, 1.165) is 6.07 Å². The molecule has 0 unspecified atom stereocenters. The van der Waals surface area contributed by atoms with Crippen molar-refractivity contribution < 1.29 is 23.4 Å². The number of halogens is 4. The molecule has 3 aromatic rings. The molecule has 3 nitrogen and oxygen atoms in total. The standard InChI is InChI=1S/C23H21ClF3NO2/c1-4-23(30,13-8-6-5-7-9-13)19-11-15(22(2,3)29)20(27)21(28-19)14-10-16(24)18(26)12-17(14)25/h5-12,29-30H,4H2,1-3H3/t23-/m1/s1. The Balaban J connectivity index is 2.37. The predicted octanol–water partition coefficient (Wildman–Crippen LogP) is 5.69. The van der Waals surface area contributed by atoms with E-state index in [4.69, 9.17) is 11.6 Å². The summed E-state index contributed by atoms with van der Waals surface area (Å²) >= 11 is 5.78. The molecule has 3 rings (SSSR count). The van der Waals surface area contributed by atoms with Gasteiger partial charge >= 0.3 is 0 Å². The fourth-order valence-corrected chi connectivity index (χ4v) is 3.48. The van der Waals surface area contributed by atoms with Crippen molar-refractivity contribution in [3.8, 4) is 11.3 Å². The summed E-state index contributed by atoms with van der Waals surface area (Å²) in [6.07, 6.45) is 0.174. The normalized spacial score (nSPS) is 13.9. The van der Waals surface area contributed by atoms with Crippen LogP contribution in [0.5, 0.6) is 0 Å². The average Bonchev–Trinajstić information content (AvgIpc) is 2.70. The summed E-state index contributed by atoms with van der Waals surface area (Å²) in [5.74, 6) is -3.05. The van der Waals surface area contributed by atoms with Crippen molar-refractivity contribution >= 4 is 11.6 Å². The van der Waals surface area contributed by atoms with Gasteiger partial charge in [0, 0.05) is 17.2 Å². The van der Waals surface area contributed by atoms with Crippen LogP contribution < -0.4 is 0 Å². The predicted molar refractivity (Wildman–Crippen MR) is 110 cm³/mol. The molecule has 0 radical (unpaired) electrons. The van der Waals surface area contributed by atoms with Crippen molar-refractivity contribution in [1.29, 1.82) is 0 Å². The number of hydrogen-bond donors (Lipinski definition) is 2. The van der Waals surface area contributed by atoms with E-state index in [-0.39, 0.29) is 23.2 Å². The number of nitrogens with zero attached hydrogens (tertiary/aromatic N) is 1. The van der Waals surface area contributed by atoms with E-state index in [1.807, 2.05) is 0 Å². The quantitative estimate of drug-likeness (QED) is 0.506. The van der Waals surface area contributed by atoms with Gasteiger partial charge in [-0.1, -0.05) is 48.9 Å². The molecule has 0 saturated carbocycles. The van der Waals surface area contributed by atoms with Crippen LogP contribution in [0.2, 0.25) is 5.02 Å². The van der Waals surface area contributed by atoms with E-state index in [9.17, 15) is 19.0 Å². The Labute approximate surface area is 177 Å². The minimum Gasteiger partial charge on any atom is -0.386 e. The van der Waals surface area contributed by atoms with E-state index in [1.165, 1.54) is 19.9 Å². The Bertz CT molecular complexity index is 1080. The maximum atomic E-state index is 15.3. The van der Waals surface area contributed by atoms with Gasteiger partial charge in [-0.3, -0.25) is 0 Å². The summed E-state index contributed by atoms with van der Waals surface area (Å²) in [6, 6.07) is 11.4. The highest BCUT2D eigenvalue weighted by molar-refractivity contribution is 6.31. The van der Waals surface area contributed by atoms with Crippen molar-refractivity contribution in [2.45, 2.75) is 38.4 Å². The lowest BCUT2D eigenvalue weighted by molar-refractivity contribution is 0.0651. The van der Waals surface area contributed by atoms with Gasteiger partial charge < -0.3 is 10.2 Å². The van der Waals surface area contributed by atoms with E-state index in [1.54, 1.807) is 37.3 Å². The third kappa shape index (κ3) is 3.95. The molecule has 30 heavy (non-hydrogen) atoms. The van der Waals surface area contributed by atoms with Gasteiger partial charge in [-0.05, 0) is 38.0 Å². The molecule has 0 amide bonds. The molecule has 0 aliphatic rings. The maximum Gasteiger partial charge on any atom is 0.155 e. The van der Waals surface area contributed by atoms with Gasteiger partial charge in [-0.25, -0.2) is 18.2 Å². The van der Waals surface area contributed by atoms with Crippen molar-refractivity contribution in [3.05, 3.63) is 87.8 Å². The summed E-state index contributed by atoms with van der Waals surface area (Å²) in [4.78, 5) is 4.21. The van der Waals surface area contributed by atoms with Crippen LogP contribution in [0.15, 0.2) is 48.5 Å². The van der Waals surface area contributed by atoms with Crippen LogP contribution in [0.25, 0.3) is 11.3 Å². The first kappa shape index (κ1) is 22.3. The molecule has 0 aliphatic carbocycles. The fraction of sp³-hybridized carbons (Fsp3) is 0.261. The lowest BCUT2D eigenvalue weighted by Crippen LogP contribution is -2.30. The fourth-order valence-electron chi connectivity index (χ4n) is 3.32. The Morgan fingerprint density at radius 1 is 0.967 bits per heavy atom. The Hall–Kier alpha value is -2.41. The first-order valence-corrected chi connectivity index (χ1v) is 9.73. The summed E-state index contributed by atoms with van der Waals surface area (Å²) in [5.41, 5.74) is -3.83. The number of benzene rings is 2. The molecule has 2 N–H and O–H groups in total. The van der Waals surface area contributed by atoms with Crippen LogP contribution in [0, 0.1) is 17.5 Å². The molecule has 0 spiro atoms. The monoisotopic (exact) mass is 435 g/mol. The summed E-state index contributed by atoms with van der Waals surface area (Å²) in [7, 11) is 0. The minimum absolute atomic E-state index is 0.0181. The summed E-state index contributed by atoms with van der Waals surface area (Å²) in [5, 5.41) is 21.5. The Morgan fingerprint density at radius 2 is 1.60 bits per heavy atom. The van der Waals surface area contributed by atoms with E-state index >= 15 is 4.39 Å². The zero-order valence-electron chi connectivity index (χ0n) is 16.7. The van der Waals surface area contributed by atoms with Crippen LogP contribution in [0.1, 0.15) is 44.0 Å². The minimum atomic E-state index is -1.66. The lowest BCUT2D eigenvalue weighted by atomic mass is 9.84. The molecule has 1 atom stereocenters. The molecule has 2 aromatic carbocycles. The zero-order valence-corrected chi connectivity index (χ0v) is 17.4. The zero-order chi connectivity index (χ0) is 22.3. The first-order valence-electron chi connectivity index (χ1n) is 9.35. The third-order valence-corrected chi connectivity index (χ3v) is 5.36. The number of pyridine rings is 1. The van der Waals surface area contributed by atoms with Crippen LogP contribution in [0.4, 0.5) is 13.2 Å². The second-order valence-electron chi connectivity index (χ2n) is 7.60. The summed E-state index contributed by atoms with van der Waals surface area (Å²) < 4.78 is 43.5. The molecule has 0 bridgehead atoms. The molecule has 1 heterocycles. The van der Waals surface area contributed by atoms with Gasteiger partial charge in [-0.15, -0.1) is 0 Å². The smallest absolute Gasteiger partial charge is 0.155 e. The summed E-state index contributed by atoms with van der Waals surface area (Å²) in [6.45, 7) is 4.44. The highest BCUT2D eigenvalue weighted by Gasteiger charge is 2.35. The number of aromatic nitrogens is 1. The second kappa shape index (κ2) is 8.02. The van der Waals surface area contributed by atoms with E-state index in [0.29, 0.717) is 11.6 Å². The van der Waals surface area contributed by atoms with Crippen LogP contribution in [-0.4, -0.2) is 15.2 Å². The molecule has 0 fully saturated rings. The SMILES string of the molecule is CC[C@@](O)(c1ccccc1)c1cc(C(C)(C)O)c(F)c(-c2cc(Cl)c(F)cc2F)n1. The van der Waals surface area contributed by atoms with Crippen molar-refractivity contribution in [3.63, 3.8) is 0 Å². The van der Waals surface area contributed by atoms with E-state index < -0.39 is 39.4 Å². The Kier molecular flexibility index (Phi) is 5.96. The van der Waals surface area contributed by atoms with Gasteiger partial charge in [0.25, 0.3) is 0 Å². The van der Waals surface area contributed by atoms with Crippen molar-refractivity contribution in [2.24, 2.45) is 0 Å². The van der Waals surface area contributed by atoms with Crippen LogP contribution >= 0.6 is 11.6 Å².